The third kappa shape index (κ3) is 6.95. The van der Waals surface area contributed by atoms with Crippen LogP contribution in [0, 0.1) is 17.8 Å². The molecule has 5 atom stereocenters. The number of carbonyl (C=O) groups is 2. The van der Waals surface area contributed by atoms with E-state index < -0.39 is 12.1 Å². The van der Waals surface area contributed by atoms with Gasteiger partial charge in [0.15, 0.2) is 5.78 Å². The summed E-state index contributed by atoms with van der Waals surface area (Å²) in [5.74, 6) is -0.590. The van der Waals surface area contributed by atoms with Crippen LogP contribution in [-0.2, 0) is 14.3 Å². The van der Waals surface area contributed by atoms with Crippen LogP contribution in [0.3, 0.4) is 0 Å². The number of hydrogen-bond acceptors (Lipinski definition) is 4. The maximum Gasteiger partial charge on any atom is 0.330 e. The summed E-state index contributed by atoms with van der Waals surface area (Å²) >= 11 is 0. The molecule has 0 aromatic rings. The third-order valence-electron chi connectivity index (χ3n) is 4.35. The van der Waals surface area contributed by atoms with Crippen LogP contribution in [0.4, 0.5) is 0 Å². The minimum atomic E-state index is -0.581. The smallest absolute Gasteiger partial charge is 0.330 e. The SMILES string of the molecule is C[C@@H]1CC[C@H](O)[C@@H](C)/C=C/C(=O)O[C@H](C)[C@@H](C)/C=C/C=C/C1=O. The molecule has 1 aliphatic heterocycles. The second kappa shape index (κ2) is 9.46. The Balaban J connectivity index is 2.90. The molecule has 1 aliphatic rings. The Bertz CT molecular complexity index is 490. The molecule has 0 aliphatic carbocycles. The average molecular weight is 320 g/mol. The number of aliphatic hydroxyl groups is 1. The number of cyclic esters (lactones) is 1. The van der Waals surface area contributed by atoms with Gasteiger partial charge < -0.3 is 9.84 Å². The molecule has 0 spiro atoms. The average Bonchev–Trinajstić information content (AvgIpc) is 2.52. The first kappa shape index (κ1) is 19.4. The van der Waals surface area contributed by atoms with E-state index in [1.165, 1.54) is 6.08 Å². The van der Waals surface area contributed by atoms with Crippen molar-refractivity contribution in [1.29, 1.82) is 0 Å². The van der Waals surface area contributed by atoms with Crippen LogP contribution in [0.5, 0.6) is 0 Å². The second-order valence-corrected chi connectivity index (χ2v) is 6.41. The lowest BCUT2D eigenvalue weighted by Crippen LogP contribution is -2.21. The molecule has 23 heavy (non-hydrogen) atoms. The van der Waals surface area contributed by atoms with Crippen molar-refractivity contribution in [2.24, 2.45) is 17.8 Å². The quantitative estimate of drug-likeness (QED) is 0.696. The Kier molecular flexibility index (Phi) is 7.96. The highest BCUT2D eigenvalue weighted by Gasteiger charge is 2.17. The molecule has 0 unspecified atom stereocenters. The highest BCUT2D eigenvalue weighted by molar-refractivity contribution is 5.91. The molecule has 4 nitrogen and oxygen atoms in total. The van der Waals surface area contributed by atoms with Gasteiger partial charge in [0, 0.05) is 23.8 Å². The van der Waals surface area contributed by atoms with E-state index in [2.05, 4.69) is 0 Å². The van der Waals surface area contributed by atoms with Crippen LogP contribution in [0.2, 0.25) is 0 Å². The third-order valence-corrected chi connectivity index (χ3v) is 4.35. The molecule has 0 saturated heterocycles. The Morgan fingerprint density at radius 2 is 1.65 bits per heavy atom. The molecule has 4 heteroatoms. The predicted molar refractivity (Wildman–Crippen MR) is 90.7 cm³/mol. The maximum atomic E-state index is 12.0. The van der Waals surface area contributed by atoms with Gasteiger partial charge >= 0.3 is 5.97 Å². The van der Waals surface area contributed by atoms with Gasteiger partial charge in [0.1, 0.15) is 6.10 Å². The van der Waals surface area contributed by atoms with E-state index in [9.17, 15) is 14.7 Å². The number of aliphatic hydroxyl groups excluding tert-OH is 1. The minimum absolute atomic E-state index is 0.0421. The largest absolute Gasteiger partial charge is 0.459 e. The molecule has 0 radical (unpaired) electrons. The molecule has 0 amide bonds. The molecule has 0 fully saturated rings. The first-order chi connectivity index (χ1) is 10.8. The molecular formula is C19H28O4. The van der Waals surface area contributed by atoms with E-state index in [4.69, 9.17) is 4.74 Å². The fraction of sp³-hybridized carbons (Fsp3) is 0.579. The van der Waals surface area contributed by atoms with Crippen molar-refractivity contribution in [3.8, 4) is 0 Å². The van der Waals surface area contributed by atoms with Crippen LogP contribution < -0.4 is 0 Å². The number of ketones is 1. The molecule has 0 bridgehead atoms. The maximum absolute atomic E-state index is 12.0. The summed E-state index contributed by atoms with van der Waals surface area (Å²) in [5.41, 5.74) is 0. The summed E-state index contributed by atoms with van der Waals surface area (Å²) in [4.78, 5) is 23.8. The topological polar surface area (TPSA) is 63.6 Å². The van der Waals surface area contributed by atoms with Crippen LogP contribution in [0.25, 0.3) is 0 Å². The van der Waals surface area contributed by atoms with Gasteiger partial charge in [-0.05, 0) is 25.8 Å². The Labute approximate surface area is 138 Å². The fourth-order valence-corrected chi connectivity index (χ4v) is 2.22. The zero-order valence-electron chi connectivity index (χ0n) is 14.4. The van der Waals surface area contributed by atoms with Crippen molar-refractivity contribution in [2.75, 3.05) is 0 Å². The first-order valence-electron chi connectivity index (χ1n) is 8.26. The first-order valence-corrected chi connectivity index (χ1v) is 8.26. The standard InChI is InChI=1S/C19H28O4/c1-13-7-5-6-8-17(20)14(2)9-11-18(21)15(3)10-12-19(22)23-16(13)4/h5-8,10,12-16,18,21H,9,11H2,1-4H3/b7-5+,8-6+,12-10+/t13-,14+,15-,16+,18-/m0/s1. The van der Waals surface area contributed by atoms with Crippen LogP contribution in [0.15, 0.2) is 36.5 Å². The summed E-state index contributed by atoms with van der Waals surface area (Å²) in [5, 5.41) is 10.1. The van der Waals surface area contributed by atoms with E-state index in [1.54, 1.807) is 24.3 Å². The van der Waals surface area contributed by atoms with Gasteiger partial charge in [-0.2, -0.15) is 0 Å². The van der Waals surface area contributed by atoms with Crippen LogP contribution >= 0.6 is 0 Å². The number of hydrogen-bond donors (Lipinski definition) is 1. The second-order valence-electron chi connectivity index (χ2n) is 6.41. The van der Waals surface area contributed by atoms with Gasteiger partial charge in [0.25, 0.3) is 0 Å². The van der Waals surface area contributed by atoms with Crippen LogP contribution in [-0.4, -0.2) is 29.1 Å². The summed E-state index contributed by atoms with van der Waals surface area (Å²) in [7, 11) is 0. The van der Waals surface area contributed by atoms with Gasteiger partial charge in [-0.1, -0.05) is 45.1 Å². The van der Waals surface area contributed by atoms with Crippen molar-refractivity contribution in [2.45, 2.75) is 52.7 Å². The number of rotatable bonds is 0. The minimum Gasteiger partial charge on any atom is -0.459 e. The zero-order chi connectivity index (χ0) is 17.4. The van der Waals surface area contributed by atoms with Gasteiger partial charge in [-0.25, -0.2) is 4.79 Å². The Hall–Kier alpha value is -1.68. The molecular weight excluding hydrogens is 292 g/mol. The number of esters is 1. The summed E-state index contributed by atoms with van der Waals surface area (Å²) in [6.07, 6.45) is 10.3. The molecule has 128 valence electrons. The predicted octanol–water partition coefficient (Wildman–Crippen LogP) is 3.22. The van der Waals surface area contributed by atoms with E-state index in [0.29, 0.717) is 12.8 Å². The highest BCUT2D eigenvalue weighted by atomic mass is 16.5. The monoisotopic (exact) mass is 320 g/mol. The van der Waals surface area contributed by atoms with Gasteiger partial charge in [0.2, 0.25) is 0 Å². The molecule has 1 N–H and O–H groups in total. The molecule has 0 saturated carbocycles. The molecule has 0 aromatic carbocycles. The highest BCUT2D eigenvalue weighted by Crippen LogP contribution is 2.17. The van der Waals surface area contributed by atoms with Crippen molar-refractivity contribution in [3.05, 3.63) is 36.5 Å². The Morgan fingerprint density at radius 1 is 0.957 bits per heavy atom. The van der Waals surface area contributed by atoms with Crippen molar-refractivity contribution >= 4 is 11.8 Å². The molecule has 1 heterocycles. The van der Waals surface area contributed by atoms with E-state index in [-0.39, 0.29) is 29.6 Å². The zero-order valence-corrected chi connectivity index (χ0v) is 14.4. The number of allylic oxidation sites excluding steroid dienone is 3. The summed E-state index contributed by atoms with van der Waals surface area (Å²) in [6, 6.07) is 0. The normalized spacial score (nSPS) is 38.6. The van der Waals surface area contributed by atoms with Gasteiger partial charge in [-0.15, -0.1) is 0 Å². The van der Waals surface area contributed by atoms with E-state index >= 15 is 0 Å². The van der Waals surface area contributed by atoms with Crippen LogP contribution in [0.1, 0.15) is 40.5 Å². The van der Waals surface area contributed by atoms with E-state index in [0.717, 1.165) is 0 Å². The number of carbonyl (C=O) groups excluding carboxylic acids is 2. The number of ether oxygens (including phenoxy) is 1. The Morgan fingerprint density at radius 3 is 2.35 bits per heavy atom. The van der Waals surface area contributed by atoms with Crippen molar-refractivity contribution in [1.82, 2.24) is 0 Å². The fourth-order valence-electron chi connectivity index (χ4n) is 2.22. The lowest BCUT2D eigenvalue weighted by Gasteiger charge is -2.18. The summed E-state index contributed by atoms with van der Waals surface area (Å²) in [6.45, 7) is 7.50. The van der Waals surface area contributed by atoms with Gasteiger partial charge in [-0.3, -0.25) is 4.79 Å². The lowest BCUT2D eigenvalue weighted by molar-refractivity contribution is -0.143. The molecule has 1 rings (SSSR count). The van der Waals surface area contributed by atoms with E-state index in [1.807, 2.05) is 33.8 Å². The van der Waals surface area contributed by atoms with Crippen molar-refractivity contribution in [3.63, 3.8) is 0 Å². The lowest BCUT2D eigenvalue weighted by atomic mass is 9.93. The summed E-state index contributed by atoms with van der Waals surface area (Å²) < 4.78 is 5.34. The van der Waals surface area contributed by atoms with Crippen molar-refractivity contribution < 1.29 is 19.4 Å². The van der Waals surface area contributed by atoms with Gasteiger partial charge in [0.05, 0.1) is 6.10 Å². The molecule has 0 aromatic heterocycles.